The molecule has 0 spiro atoms. The number of hydrogen-bond acceptors (Lipinski definition) is 3. The van der Waals surface area contributed by atoms with E-state index >= 15 is 0 Å². The van der Waals surface area contributed by atoms with Crippen LogP contribution in [0.3, 0.4) is 0 Å². The maximum atomic E-state index is 11.3. The van der Waals surface area contributed by atoms with Crippen LogP contribution < -0.4 is 0 Å². The van der Waals surface area contributed by atoms with Gasteiger partial charge in [0.1, 0.15) is 23.2 Å². The summed E-state index contributed by atoms with van der Waals surface area (Å²) in [5.41, 5.74) is 2.91. The molecule has 5 heteroatoms. The highest BCUT2D eigenvalue weighted by molar-refractivity contribution is 6.02. The standard InChI is InChI=1S/C16H10N2O3/c19-16(20)10-5-3-6-12-14(10)18-15(17-12)11-8-21-13-7-2-1-4-9(11)13/h1-8H,(H,17,18)(H,19,20). The Balaban J connectivity index is 1.99. The minimum absolute atomic E-state index is 0.183. The zero-order valence-electron chi connectivity index (χ0n) is 10.8. The van der Waals surface area contributed by atoms with Crippen LogP contribution in [0.2, 0.25) is 0 Å². The van der Waals surface area contributed by atoms with Gasteiger partial charge in [0.15, 0.2) is 0 Å². The van der Waals surface area contributed by atoms with Gasteiger partial charge in [0.2, 0.25) is 0 Å². The molecule has 0 fully saturated rings. The highest BCUT2D eigenvalue weighted by atomic mass is 16.4. The number of furan rings is 1. The van der Waals surface area contributed by atoms with Crippen molar-refractivity contribution in [2.45, 2.75) is 0 Å². The molecule has 102 valence electrons. The number of nitrogens with zero attached hydrogens (tertiary/aromatic N) is 1. The molecule has 4 aromatic rings. The van der Waals surface area contributed by atoms with E-state index in [1.54, 1.807) is 24.5 Å². The van der Waals surface area contributed by atoms with Crippen LogP contribution in [0.4, 0.5) is 0 Å². The van der Waals surface area contributed by atoms with E-state index in [1.807, 2.05) is 24.3 Å². The van der Waals surface area contributed by atoms with E-state index in [1.165, 1.54) is 0 Å². The molecule has 0 atom stereocenters. The predicted octanol–water partition coefficient (Wildman–Crippen LogP) is 3.67. The molecule has 2 aromatic carbocycles. The lowest BCUT2D eigenvalue weighted by Gasteiger charge is -1.93. The summed E-state index contributed by atoms with van der Waals surface area (Å²) in [6.07, 6.45) is 1.63. The van der Waals surface area contributed by atoms with Crippen molar-refractivity contribution >= 4 is 28.0 Å². The summed E-state index contributed by atoms with van der Waals surface area (Å²) in [7, 11) is 0. The van der Waals surface area contributed by atoms with E-state index in [-0.39, 0.29) is 5.56 Å². The third-order valence-electron chi connectivity index (χ3n) is 3.48. The van der Waals surface area contributed by atoms with Crippen LogP contribution in [0, 0.1) is 0 Å². The van der Waals surface area contributed by atoms with Gasteiger partial charge in [0.25, 0.3) is 0 Å². The third-order valence-corrected chi connectivity index (χ3v) is 3.48. The topological polar surface area (TPSA) is 79.1 Å². The van der Waals surface area contributed by atoms with Crippen LogP contribution in [-0.2, 0) is 0 Å². The molecule has 2 heterocycles. The number of aromatic carboxylic acids is 1. The fourth-order valence-electron chi connectivity index (χ4n) is 2.49. The fraction of sp³-hybridized carbons (Fsp3) is 0. The number of para-hydroxylation sites is 2. The number of carboxylic acid groups (broad SMARTS) is 1. The number of carboxylic acids is 1. The summed E-state index contributed by atoms with van der Waals surface area (Å²) in [5, 5.41) is 10.2. The number of fused-ring (bicyclic) bond motifs is 2. The van der Waals surface area contributed by atoms with Crippen LogP contribution in [0.15, 0.2) is 53.1 Å². The van der Waals surface area contributed by atoms with E-state index in [2.05, 4.69) is 9.97 Å². The first-order valence-electron chi connectivity index (χ1n) is 6.42. The van der Waals surface area contributed by atoms with Gasteiger partial charge in [-0.15, -0.1) is 0 Å². The van der Waals surface area contributed by atoms with Gasteiger partial charge in [-0.1, -0.05) is 24.3 Å². The summed E-state index contributed by atoms with van der Waals surface area (Å²) in [6.45, 7) is 0. The van der Waals surface area contributed by atoms with Crippen LogP contribution in [0.1, 0.15) is 10.4 Å². The van der Waals surface area contributed by atoms with Crippen molar-refractivity contribution in [3.8, 4) is 11.4 Å². The van der Waals surface area contributed by atoms with Crippen molar-refractivity contribution in [2.75, 3.05) is 0 Å². The van der Waals surface area contributed by atoms with Gasteiger partial charge in [0.05, 0.1) is 16.6 Å². The van der Waals surface area contributed by atoms with Crippen molar-refractivity contribution in [1.29, 1.82) is 0 Å². The van der Waals surface area contributed by atoms with Crippen molar-refractivity contribution in [1.82, 2.24) is 9.97 Å². The van der Waals surface area contributed by atoms with Crippen LogP contribution in [-0.4, -0.2) is 21.0 Å². The van der Waals surface area contributed by atoms with E-state index in [4.69, 9.17) is 4.42 Å². The normalized spacial score (nSPS) is 11.2. The zero-order chi connectivity index (χ0) is 14.4. The molecule has 0 aliphatic rings. The van der Waals surface area contributed by atoms with Gasteiger partial charge in [-0.05, 0) is 18.2 Å². The van der Waals surface area contributed by atoms with Crippen molar-refractivity contribution < 1.29 is 14.3 Å². The second-order valence-corrected chi connectivity index (χ2v) is 4.74. The number of benzene rings is 2. The third kappa shape index (κ3) is 1.71. The summed E-state index contributed by atoms with van der Waals surface area (Å²) < 4.78 is 5.50. The lowest BCUT2D eigenvalue weighted by Crippen LogP contribution is -1.96. The van der Waals surface area contributed by atoms with E-state index in [0.717, 1.165) is 16.5 Å². The fourth-order valence-corrected chi connectivity index (χ4v) is 2.49. The van der Waals surface area contributed by atoms with Crippen molar-refractivity contribution in [2.24, 2.45) is 0 Å². The first-order chi connectivity index (χ1) is 10.2. The Morgan fingerprint density at radius 2 is 2.00 bits per heavy atom. The first-order valence-corrected chi connectivity index (χ1v) is 6.42. The van der Waals surface area contributed by atoms with Crippen molar-refractivity contribution in [3.05, 3.63) is 54.3 Å². The summed E-state index contributed by atoms with van der Waals surface area (Å²) >= 11 is 0. The SMILES string of the molecule is O=C(O)c1cccc2[nH]c(-c3coc4ccccc34)nc12. The lowest BCUT2D eigenvalue weighted by molar-refractivity contribution is 0.0699. The van der Waals surface area contributed by atoms with E-state index in [9.17, 15) is 9.90 Å². The van der Waals surface area contributed by atoms with Crippen molar-refractivity contribution in [3.63, 3.8) is 0 Å². The Morgan fingerprint density at radius 1 is 1.14 bits per heavy atom. The number of aromatic nitrogens is 2. The number of hydrogen-bond donors (Lipinski definition) is 2. The smallest absolute Gasteiger partial charge is 0.337 e. The molecule has 0 saturated heterocycles. The minimum atomic E-state index is -0.990. The molecule has 2 aromatic heterocycles. The minimum Gasteiger partial charge on any atom is -0.478 e. The number of rotatable bonds is 2. The molecule has 0 amide bonds. The van der Waals surface area contributed by atoms with Gasteiger partial charge >= 0.3 is 5.97 Å². The number of H-pyrrole nitrogens is 1. The molecule has 21 heavy (non-hydrogen) atoms. The zero-order valence-corrected chi connectivity index (χ0v) is 10.8. The maximum absolute atomic E-state index is 11.3. The Bertz CT molecular complexity index is 981. The second kappa shape index (κ2) is 4.21. The number of nitrogens with one attached hydrogen (secondary N) is 1. The number of imidazole rings is 1. The lowest BCUT2D eigenvalue weighted by atomic mass is 10.2. The molecule has 2 N–H and O–H groups in total. The molecule has 0 radical (unpaired) electrons. The molecule has 0 saturated carbocycles. The molecule has 0 unspecified atom stereocenters. The molecule has 0 bridgehead atoms. The van der Waals surface area contributed by atoms with Crippen LogP contribution >= 0.6 is 0 Å². The first kappa shape index (κ1) is 11.7. The predicted molar refractivity (Wildman–Crippen MR) is 78.3 cm³/mol. The summed E-state index contributed by atoms with van der Waals surface area (Å²) in [5.74, 6) is -0.389. The monoisotopic (exact) mass is 278 g/mol. The number of aromatic amines is 1. The van der Waals surface area contributed by atoms with Gasteiger partial charge in [-0.3, -0.25) is 0 Å². The van der Waals surface area contributed by atoms with Crippen LogP contribution in [0.25, 0.3) is 33.4 Å². The Hall–Kier alpha value is -3.08. The average molecular weight is 278 g/mol. The molecule has 0 aliphatic heterocycles. The molecule has 0 aliphatic carbocycles. The Kier molecular flexibility index (Phi) is 2.35. The maximum Gasteiger partial charge on any atom is 0.337 e. The van der Waals surface area contributed by atoms with Crippen LogP contribution in [0.5, 0.6) is 0 Å². The summed E-state index contributed by atoms with van der Waals surface area (Å²) in [6, 6.07) is 12.7. The largest absolute Gasteiger partial charge is 0.478 e. The molecular weight excluding hydrogens is 268 g/mol. The van der Waals surface area contributed by atoms with E-state index < -0.39 is 5.97 Å². The Labute approximate surface area is 118 Å². The second-order valence-electron chi connectivity index (χ2n) is 4.74. The van der Waals surface area contributed by atoms with Gasteiger partial charge in [-0.2, -0.15) is 0 Å². The average Bonchev–Trinajstić information content (AvgIpc) is 3.09. The highest BCUT2D eigenvalue weighted by Gasteiger charge is 2.15. The van der Waals surface area contributed by atoms with Gasteiger partial charge in [0, 0.05) is 5.39 Å². The summed E-state index contributed by atoms with van der Waals surface area (Å²) in [4.78, 5) is 18.8. The Morgan fingerprint density at radius 3 is 2.86 bits per heavy atom. The molecular formula is C16H10N2O3. The molecule has 5 nitrogen and oxygen atoms in total. The van der Waals surface area contributed by atoms with E-state index in [0.29, 0.717) is 16.9 Å². The highest BCUT2D eigenvalue weighted by Crippen LogP contribution is 2.30. The quantitative estimate of drug-likeness (QED) is 0.586. The van der Waals surface area contributed by atoms with Gasteiger partial charge < -0.3 is 14.5 Å². The molecule has 4 rings (SSSR count). The number of carbonyl (C=O) groups is 1. The van der Waals surface area contributed by atoms with Gasteiger partial charge in [-0.25, -0.2) is 9.78 Å².